The molecule has 1 aromatic carbocycles. The van der Waals surface area contributed by atoms with Gasteiger partial charge >= 0.3 is 0 Å². The lowest BCUT2D eigenvalue weighted by atomic mass is 10.4. The Morgan fingerprint density at radius 1 is 1.43 bits per heavy atom. The Morgan fingerprint density at radius 3 is 2.50 bits per heavy atom. The van der Waals surface area contributed by atoms with E-state index in [1.54, 1.807) is 6.26 Å². The molecule has 1 aromatic rings. The van der Waals surface area contributed by atoms with Crippen molar-refractivity contribution in [2.75, 3.05) is 12.8 Å². The topological polar surface area (TPSA) is 55.4 Å². The molecule has 14 heavy (non-hydrogen) atoms. The first-order chi connectivity index (χ1) is 6.52. The van der Waals surface area contributed by atoms with E-state index in [0.29, 0.717) is 6.54 Å². The normalized spacial score (nSPS) is 17.1. The Labute approximate surface area is 85.5 Å². The lowest BCUT2D eigenvalue weighted by Gasteiger charge is -2.05. The van der Waals surface area contributed by atoms with Crippen LogP contribution in [-0.4, -0.2) is 23.1 Å². The fourth-order valence-corrected chi connectivity index (χ4v) is 2.34. The van der Waals surface area contributed by atoms with E-state index >= 15 is 0 Å². The number of hydrogen-bond acceptors (Lipinski definition) is 3. The summed E-state index contributed by atoms with van der Waals surface area (Å²) in [4.78, 5) is 0.764. The van der Waals surface area contributed by atoms with Crippen molar-refractivity contribution in [3.05, 3.63) is 30.3 Å². The predicted octanol–water partition coefficient (Wildman–Crippen LogP) is 1.49. The number of hydrogen-bond donors (Lipinski definition) is 1. The molecule has 0 amide bonds. The van der Waals surface area contributed by atoms with Crippen LogP contribution >= 0.6 is 0 Å². The Bertz CT molecular complexity index is 392. The molecule has 0 aromatic heterocycles. The summed E-state index contributed by atoms with van der Waals surface area (Å²) in [5.74, 6) is 0. The molecule has 0 aliphatic carbocycles. The van der Waals surface area contributed by atoms with Gasteiger partial charge in [-0.1, -0.05) is 18.2 Å². The van der Waals surface area contributed by atoms with Crippen LogP contribution in [0.5, 0.6) is 0 Å². The molecule has 0 bridgehead atoms. The van der Waals surface area contributed by atoms with E-state index in [-0.39, 0.29) is 6.04 Å². The molecular weight excluding hydrogens is 196 g/mol. The summed E-state index contributed by atoms with van der Waals surface area (Å²) in [5.41, 5.74) is 5.56. The van der Waals surface area contributed by atoms with Crippen LogP contribution in [0.15, 0.2) is 39.6 Å². The largest absolute Gasteiger partial charge is 0.326 e. The van der Waals surface area contributed by atoms with Crippen LogP contribution < -0.4 is 5.73 Å². The zero-order chi connectivity index (χ0) is 10.6. The Morgan fingerprint density at radius 2 is 2.00 bits per heavy atom. The lowest BCUT2D eigenvalue weighted by molar-refractivity contribution is 0.673. The minimum Gasteiger partial charge on any atom is -0.326 e. The van der Waals surface area contributed by atoms with Gasteiger partial charge in [0.1, 0.15) is 0 Å². The Balaban J connectivity index is 2.97. The van der Waals surface area contributed by atoms with Gasteiger partial charge < -0.3 is 5.73 Å². The molecule has 0 spiro atoms. The van der Waals surface area contributed by atoms with Crippen LogP contribution in [0.1, 0.15) is 6.92 Å². The van der Waals surface area contributed by atoms with Crippen LogP contribution in [0.2, 0.25) is 0 Å². The molecule has 3 nitrogen and oxygen atoms in total. The zero-order valence-electron chi connectivity index (χ0n) is 8.51. The summed E-state index contributed by atoms with van der Waals surface area (Å²) in [6.07, 6.45) is 1.64. The first-order valence-corrected chi connectivity index (χ1v) is 6.43. The molecule has 1 rings (SSSR count). The van der Waals surface area contributed by atoms with E-state index in [1.807, 2.05) is 37.3 Å². The second kappa shape index (κ2) is 4.57. The van der Waals surface area contributed by atoms with Crippen molar-refractivity contribution in [1.29, 1.82) is 0 Å². The van der Waals surface area contributed by atoms with Crippen LogP contribution in [0.25, 0.3) is 0 Å². The molecule has 0 heterocycles. The number of nitrogens with zero attached hydrogens (tertiary/aromatic N) is 1. The molecule has 0 radical (unpaired) electrons. The molecule has 4 heteroatoms. The molecule has 0 saturated carbocycles. The summed E-state index contributed by atoms with van der Waals surface area (Å²) in [5, 5.41) is 0. The highest BCUT2D eigenvalue weighted by molar-refractivity contribution is 7.93. The van der Waals surface area contributed by atoms with Gasteiger partial charge in [-0.05, 0) is 19.1 Å². The molecule has 0 saturated heterocycles. The van der Waals surface area contributed by atoms with Crippen molar-refractivity contribution in [3.63, 3.8) is 0 Å². The van der Waals surface area contributed by atoms with E-state index in [1.165, 1.54) is 0 Å². The van der Waals surface area contributed by atoms with Gasteiger partial charge in [0.15, 0.2) is 0 Å². The predicted molar refractivity (Wildman–Crippen MR) is 59.7 cm³/mol. The highest BCUT2D eigenvalue weighted by atomic mass is 32.2. The Hall–Kier alpha value is -0.870. The molecule has 0 aliphatic heterocycles. The lowest BCUT2D eigenvalue weighted by Crippen LogP contribution is -2.19. The number of rotatable bonds is 3. The van der Waals surface area contributed by atoms with Crippen LogP contribution in [-0.2, 0) is 9.73 Å². The maximum absolute atomic E-state index is 12.1. The summed E-state index contributed by atoms with van der Waals surface area (Å²) in [7, 11) is -2.26. The van der Waals surface area contributed by atoms with Crippen molar-refractivity contribution in [2.45, 2.75) is 17.9 Å². The fraction of sp³-hybridized carbons (Fsp3) is 0.400. The monoisotopic (exact) mass is 212 g/mol. The van der Waals surface area contributed by atoms with E-state index in [9.17, 15) is 4.21 Å². The minimum absolute atomic E-state index is 0.0421. The summed E-state index contributed by atoms with van der Waals surface area (Å²) < 4.78 is 16.2. The molecule has 0 aliphatic rings. The maximum Gasteiger partial charge on any atom is 0.0723 e. The van der Waals surface area contributed by atoms with Gasteiger partial charge in [0, 0.05) is 17.2 Å². The van der Waals surface area contributed by atoms with Crippen LogP contribution in [0.4, 0.5) is 0 Å². The standard InChI is InChI=1S/C10H16N2OS/c1-9(11)8-12-14(2,13)10-6-4-3-5-7-10/h3-7,9H,8,11H2,1-2H3. The van der Waals surface area contributed by atoms with Gasteiger partial charge in [0.2, 0.25) is 0 Å². The second-order valence-corrected chi connectivity index (χ2v) is 5.74. The molecule has 2 atom stereocenters. The average molecular weight is 212 g/mol. The third kappa shape index (κ3) is 3.12. The first-order valence-electron chi connectivity index (χ1n) is 4.51. The third-order valence-electron chi connectivity index (χ3n) is 1.79. The van der Waals surface area contributed by atoms with E-state index in [0.717, 1.165) is 4.90 Å². The average Bonchev–Trinajstić information content (AvgIpc) is 2.16. The molecule has 2 unspecified atom stereocenters. The van der Waals surface area contributed by atoms with Crippen LogP contribution in [0.3, 0.4) is 0 Å². The summed E-state index contributed by atoms with van der Waals surface area (Å²) >= 11 is 0. The first kappa shape index (κ1) is 11.2. The summed E-state index contributed by atoms with van der Waals surface area (Å²) in [6, 6.07) is 9.23. The zero-order valence-corrected chi connectivity index (χ0v) is 9.33. The minimum atomic E-state index is -2.26. The smallest absolute Gasteiger partial charge is 0.0723 e. The SMILES string of the molecule is CC(N)CN=S(C)(=O)c1ccccc1. The molecule has 2 N–H and O–H groups in total. The van der Waals surface area contributed by atoms with Crippen molar-refractivity contribution >= 4 is 9.73 Å². The maximum atomic E-state index is 12.1. The van der Waals surface area contributed by atoms with Crippen molar-refractivity contribution in [2.24, 2.45) is 10.1 Å². The van der Waals surface area contributed by atoms with E-state index in [4.69, 9.17) is 5.73 Å². The quantitative estimate of drug-likeness (QED) is 0.825. The molecule has 78 valence electrons. The van der Waals surface area contributed by atoms with Gasteiger partial charge in [-0.15, -0.1) is 0 Å². The van der Waals surface area contributed by atoms with Gasteiger partial charge in [-0.25, -0.2) is 8.57 Å². The summed E-state index contributed by atoms with van der Waals surface area (Å²) in [6.45, 7) is 2.29. The fourth-order valence-electron chi connectivity index (χ4n) is 1.01. The van der Waals surface area contributed by atoms with Crippen molar-refractivity contribution in [3.8, 4) is 0 Å². The van der Waals surface area contributed by atoms with Gasteiger partial charge in [0.05, 0.1) is 16.3 Å². The van der Waals surface area contributed by atoms with Gasteiger partial charge in [0.25, 0.3) is 0 Å². The van der Waals surface area contributed by atoms with E-state index < -0.39 is 9.73 Å². The second-order valence-electron chi connectivity index (χ2n) is 3.40. The van der Waals surface area contributed by atoms with Crippen molar-refractivity contribution < 1.29 is 4.21 Å². The van der Waals surface area contributed by atoms with Gasteiger partial charge in [-0.2, -0.15) is 0 Å². The van der Waals surface area contributed by atoms with E-state index in [2.05, 4.69) is 4.36 Å². The highest BCUT2D eigenvalue weighted by Gasteiger charge is 2.04. The molecule has 0 fully saturated rings. The Kier molecular flexibility index (Phi) is 3.66. The highest BCUT2D eigenvalue weighted by Crippen LogP contribution is 2.10. The molecular formula is C10H16N2OS. The third-order valence-corrected chi connectivity index (χ3v) is 3.58. The van der Waals surface area contributed by atoms with Crippen molar-refractivity contribution in [1.82, 2.24) is 0 Å². The van der Waals surface area contributed by atoms with Crippen LogP contribution in [0, 0.1) is 0 Å². The van der Waals surface area contributed by atoms with Gasteiger partial charge in [-0.3, -0.25) is 0 Å². The number of benzene rings is 1. The number of nitrogens with two attached hydrogens (primary N) is 1.